The molecule has 2 aromatic rings. The second-order valence-electron chi connectivity index (χ2n) is 5.99. The molecule has 1 saturated heterocycles. The van der Waals surface area contributed by atoms with E-state index in [4.69, 9.17) is 11.6 Å². The van der Waals surface area contributed by atoms with Crippen molar-refractivity contribution in [2.75, 3.05) is 26.2 Å². The van der Waals surface area contributed by atoms with E-state index in [2.05, 4.69) is 16.2 Å². The largest absolute Gasteiger partial charge is 0.336 e. The molecule has 0 radical (unpaired) electrons. The smallest absolute Gasteiger partial charge is 0.253 e. The summed E-state index contributed by atoms with van der Waals surface area (Å²) in [6.45, 7) is 6.20. The first-order valence-electron chi connectivity index (χ1n) is 7.79. The minimum Gasteiger partial charge on any atom is -0.336 e. The van der Waals surface area contributed by atoms with Crippen LogP contribution in [0.25, 0.3) is 0 Å². The highest BCUT2D eigenvalue weighted by atomic mass is 35.5. The van der Waals surface area contributed by atoms with Gasteiger partial charge in [-0.05, 0) is 31.2 Å². The van der Waals surface area contributed by atoms with E-state index in [1.54, 1.807) is 24.3 Å². The van der Waals surface area contributed by atoms with E-state index in [1.807, 2.05) is 23.6 Å². The van der Waals surface area contributed by atoms with Crippen LogP contribution in [0.15, 0.2) is 30.5 Å². The summed E-state index contributed by atoms with van der Waals surface area (Å²) in [4.78, 5) is 16.8. The summed E-state index contributed by atoms with van der Waals surface area (Å²) >= 11 is 5.87. The molecular weight excluding hydrogens is 312 g/mol. The maximum Gasteiger partial charge on any atom is 0.253 e. The normalized spacial score (nSPS) is 15.9. The molecule has 1 aromatic carbocycles. The van der Waals surface area contributed by atoms with Gasteiger partial charge in [-0.15, -0.1) is 0 Å². The van der Waals surface area contributed by atoms with Gasteiger partial charge in [-0.1, -0.05) is 11.6 Å². The fourth-order valence-electron chi connectivity index (χ4n) is 2.93. The lowest BCUT2D eigenvalue weighted by atomic mass is 10.1. The summed E-state index contributed by atoms with van der Waals surface area (Å²) in [5.41, 5.74) is 3.03. The van der Waals surface area contributed by atoms with E-state index in [1.165, 1.54) is 5.56 Å². The highest BCUT2D eigenvalue weighted by molar-refractivity contribution is 6.30. The Kier molecular flexibility index (Phi) is 4.68. The second-order valence-corrected chi connectivity index (χ2v) is 6.43. The van der Waals surface area contributed by atoms with Gasteiger partial charge in [0.05, 0.1) is 5.69 Å². The van der Waals surface area contributed by atoms with Gasteiger partial charge < -0.3 is 4.90 Å². The van der Waals surface area contributed by atoms with Crippen molar-refractivity contribution in [2.24, 2.45) is 7.05 Å². The second kappa shape index (κ2) is 6.72. The number of carbonyl (C=O) groups excluding carboxylic acids is 1. The molecule has 1 aliphatic rings. The van der Waals surface area contributed by atoms with Crippen LogP contribution >= 0.6 is 11.6 Å². The van der Waals surface area contributed by atoms with Crippen LogP contribution in [-0.4, -0.2) is 51.7 Å². The minimum atomic E-state index is 0.0823. The Bertz CT molecular complexity index is 687. The molecule has 0 unspecified atom stereocenters. The molecule has 0 bridgehead atoms. The molecule has 1 aromatic heterocycles. The molecule has 1 aliphatic heterocycles. The lowest BCUT2D eigenvalue weighted by Gasteiger charge is -2.34. The van der Waals surface area contributed by atoms with Crippen molar-refractivity contribution >= 4 is 17.5 Å². The number of benzene rings is 1. The standard InChI is InChI=1S/C17H21ClN4O/c1-13-15(11-20(2)19-13)12-21-7-9-22(10-8-21)17(23)14-3-5-16(18)6-4-14/h3-6,11H,7-10,12H2,1-2H3. The first-order chi connectivity index (χ1) is 11.0. The number of halogens is 1. The molecule has 122 valence electrons. The zero-order valence-corrected chi connectivity index (χ0v) is 14.3. The van der Waals surface area contributed by atoms with E-state index in [0.29, 0.717) is 10.6 Å². The number of aromatic nitrogens is 2. The molecule has 1 amide bonds. The van der Waals surface area contributed by atoms with Crippen molar-refractivity contribution < 1.29 is 4.79 Å². The molecule has 23 heavy (non-hydrogen) atoms. The summed E-state index contributed by atoms with van der Waals surface area (Å²) in [6.07, 6.45) is 2.07. The number of carbonyl (C=O) groups is 1. The molecule has 0 N–H and O–H groups in total. The number of hydrogen-bond donors (Lipinski definition) is 0. The third-order valence-electron chi connectivity index (χ3n) is 4.26. The molecule has 0 saturated carbocycles. The zero-order valence-electron chi connectivity index (χ0n) is 13.5. The molecule has 3 rings (SSSR count). The molecule has 5 nitrogen and oxygen atoms in total. The van der Waals surface area contributed by atoms with E-state index < -0.39 is 0 Å². The summed E-state index contributed by atoms with van der Waals surface area (Å²) in [5.74, 6) is 0.0823. The van der Waals surface area contributed by atoms with Crippen molar-refractivity contribution in [2.45, 2.75) is 13.5 Å². The van der Waals surface area contributed by atoms with E-state index >= 15 is 0 Å². The van der Waals surface area contributed by atoms with Crippen molar-refractivity contribution in [1.82, 2.24) is 19.6 Å². The highest BCUT2D eigenvalue weighted by Gasteiger charge is 2.22. The van der Waals surface area contributed by atoms with Gasteiger partial charge in [-0.3, -0.25) is 14.4 Å². The molecule has 6 heteroatoms. The van der Waals surface area contributed by atoms with Crippen molar-refractivity contribution in [3.63, 3.8) is 0 Å². The Balaban J connectivity index is 1.56. The van der Waals surface area contributed by atoms with Crippen LogP contribution in [-0.2, 0) is 13.6 Å². The van der Waals surface area contributed by atoms with Gasteiger partial charge >= 0.3 is 0 Å². The van der Waals surface area contributed by atoms with E-state index in [0.717, 1.165) is 38.4 Å². The van der Waals surface area contributed by atoms with Crippen molar-refractivity contribution in [3.05, 3.63) is 52.3 Å². The Morgan fingerprint density at radius 2 is 1.83 bits per heavy atom. The Morgan fingerprint density at radius 3 is 2.39 bits per heavy atom. The third-order valence-corrected chi connectivity index (χ3v) is 4.51. The first-order valence-corrected chi connectivity index (χ1v) is 8.17. The number of rotatable bonds is 3. The van der Waals surface area contributed by atoms with E-state index in [9.17, 15) is 4.79 Å². The van der Waals surface area contributed by atoms with Gasteiger partial charge in [0.1, 0.15) is 0 Å². The number of hydrogen-bond acceptors (Lipinski definition) is 3. The summed E-state index contributed by atoms with van der Waals surface area (Å²) in [5, 5.41) is 5.03. The Morgan fingerprint density at radius 1 is 1.17 bits per heavy atom. The minimum absolute atomic E-state index is 0.0823. The maximum atomic E-state index is 12.5. The molecule has 0 atom stereocenters. The summed E-state index contributed by atoms with van der Waals surface area (Å²) in [6, 6.07) is 7.10. The SMILES string of the molecule is Cc1nn(C)cc1CN1CCN(C(=O)c2ccc(Cl)cc2)CC1. The topological polar surface area (TPSA) is 41.4 Å². The zero-order chi connectivity index (χ0) is 16.4. The number of aryl methyl sites for hydroxylation is 2. The van der Waals surface area contributed by atoms with Crippen LogP contribution in [0, 0.1) is 6.92 Å². The summed E-state index contributed by atoms with van der Waals surface area (Å²) < 4.78 is 1.85. The Labute approximate surface area is 141 Å². The summed E-state index contributed by atoms with van der Waals surface area (Å²) in [7, 11) is 1.94. The van der Waals surface area contributed by atoms with Gasteiger partial charge in [0, 0.05) is 62.1 Å². The molecular formula is C17H21ClN4O. The first kappa shape index (κ1) is 16.0. The highest BCUT2D eigenvalue weighted by Crippen LogP contribution is 2.15. The quantitative estimate of drug-likeness (QED) is 0.866. The van der Waals surface area contributed by atoms with Crippen LogP contribution in [0.3, 0.4) is 0 Å². The Hall–Kier alpha value is -1.85. The van der Waals surface area contributed by atoms with Crippen LogP contribution in [0.5, 0.6) is 0 Å². The average molecular weight is 333 g/mol. The van der Waals surface area contributed by atoms with E-state index in [-0.39, 0.29) is 5.91 Å². The third kappa shape index (κ3) is 3.74. The predicted octanol–water partition coefficient (Wildman–Crippen LogP) is 2.34. The van der Waals surface area contributed by atoms with Gasteiger partial charge in [-0.25, -0.2) is 0 Å². The monoisotopic (exact) mass is 332 g/mol. The van der Waals surface area contributed by atoms with Crippen LogP contribution in [0.4, 0.5) is 0 Å². The lowest BCUT2D eigenvalue weighted by molar-refractivity contribution is 0.0628. The van der Waals surface area contributed by atoms with Crippen molar-refractivity contribution in [3.8, 4) is 0 Å². The number of piperazine rings is 1. The van der Waals surface area contributed by atoms with Gasteiger partial charge in [0.25, 0.3) is 5.91 Å². The lowest BCUT2D eigenvalue weighted by Crippen LogP contribution is -2.48. The van der Waals surface area contributed by atoms with Gasteiger partial charge in [0.2, 0.25) is 0 Å². The average Bonchev–Trinajstić information content (AvgIpc) is 2.86. The molecule has 2 heterocycles. The van der Waals surface area contributed by atoms with Crippen molar-refractivity contribution in [1.29, 1.82) is 0 Å². The number of amides is 1. The molecule has 0 aliphatic carbocycles. The van der Waals surface area contributed by atoms with Gasteiger partial charge in [0.15, 0.2) is 0 Å². The van der Waals surface area contributed by atoms with Crippen LogP contribution in [0.1, 0.15) is 21.6 Å². The van der Waals surface area contributed by atoms with Crippen LogP contribution < -0.4 is 0 Å². The van der Waals surface area contributed by atoms with Gasteiger partial charge in [-0.2, -0.15) is 5.10 Å². The fourth-order valence-corrected chi connectivity index (χ4v) is 3.05. The predicted molar refractivity (Wildman–Crippen MR) is 90.6 cm³/mol. The van der Waals surface area contributed by atoms with Crippen LogP contribution in [0.2, 0.25) is 5.02 Å². The fraction of sp³-hybridized carbons (Fsp3) is 0.412. The molecule has 0 spiro atoms. The number of nitrogens with zero attached hydrogens (tertiary/aromatic N) is 4. The maximum absolute atomic E-state index is 12.5. The molecule has 1 fully saturated rings.